The van der Waals surface area contributed by atoms with Gasteiger partial charge in [-0.15, -0.1) is 0 Å². The molecule has 1 unspecified atom stereocenters. The minimum atomic E-state index is -4.72. The average Bonchev–Trinajstić information content (AvgIpc) is 2.72. The first-order chi connectivity index (χ1) is 8.86. The highest BCUT2D eigenvalue weighted by atomic mass is 19.4. The van der Waals surface area contributed by atoms with E-state index in [0.717, 1.165) is 12.1 Å². The smallest absolute Gasteiger partial charge is 0.383 e. The second-order valence-electron chi connectivity index (χ2n) is 4.38. The van der Waals surface area contributed by atoms with Crippen LogP contribution in [0.2, 0.25) is 0 Å². The number of hydrogen-bond acceptors (Lipinski definition) is 2. The summed E-state index contributed by atoms with van der Waals surface area (Å²) in [6.45, 7) is 0.314. The van der Waals surface area contributed by atoms with Crippen LogP contribution in [-0.4, -0.2) is 18.5 Å². The van der Waals surface area contributed by atoms with Crippen LogP contribution in [0.1, 0.15) is 18.4 Å². The molecule has 2 rings (SSSR count). The Bertz CT molecular complexity index is 487. The van der Waals surface area contributed by atoms with E-state index < -0.39 is 17.6 Å². The minimum absolute atomic E-state index is 0.0677. The molecule has 1 aromatic rings. The van der Waals surface area contributed by atoms with Gasteiger partial charge < -0.3 is 10.6 Å². The molecule has 0 bridgehead atoms. The van der Waals surface area contributed by atoms with Crippen LogP contribution >= 0.6 is 0 Å². The van der Waals surface area contributed by atoms with E-state index in [1.165, 1.54) is 6.07 Å². The van der Waals surface area contributed by atoms with E-state index in [1.54, 1.807) is 0 Å². The van der Waals surface area contributed by atoms with Crippen LogP contribution < -0.4 is 10.6 Å². The largest absolute Gasteiger partial charge is 0.419 e. The van der Waals surface area contributed by atoms with Gasteiger partial charge in [-0.1, -0.05) is 0 Å². The molecule has 19 heavy (non-hydrogen) atoms. The van der Waals surface area contributed by atoms with E-state index >= 15 is 0 Å². The van der Waals surface area contributed by atoms with Crippen LogP contribution in [0, 0.1) is 5.82 Å². The van der Waals surface area contributed by atoms with Gasteiger partial charge in [-0.2, -0.15) is 13.2 Å². The molecule has 1 fully saturated rings. The number of alkyl halides is 3. The molecule has 1 heterocycles. The maximum atomic E-state index is 13.1. The van der Waals surface area contributed by atoms with Crippen molar-refractivity contribution in [1.82, 2.24) is 5.32 Å². The zero-order valence-corrected chi connectivity index (χ0v) is 9.85. The molecule has 0 aliphatic carbocycles. The summed E-state index contributed by atoms with van der Waals surface area (Å²) < 4.78 is 50.5. The van der Waals surface area contributed by atoms with Gasteiger partial charge in [0.25, 0.3) is 0 Å². The van der Waals surface area contributed by atoms with Crippen molar-refractivity contribution in [3.8, 4) is 0 Å². The molecule has 3 nitrogen and oxygen atoms in total. The second kappa shape index (κ2) is 5.07. The monoisotopic (exact) mass is 276 g/mol. The van der Waals surface area contributed by atoms with Crippen molar-refractivity contribution in [3.63, 3.8) is 0 Å². The highest BCUT2D eigenvalue weighted by Gasteiger charge is 2.34. The summed E-state index contributed by atoms with van der Waals surface area (Å²) in [7, 11) is 0. The fraction of sp³-hybridized carbons (Fsp3) is 0.417. The highest BCUT2D eigenvalue weighted by molar-refractivity contribution is 5.78. The molecule has 7 heteroatoms. The summed E-state index contributed by atoms with van der Waals surface area (Å²) in [6.07, 6.45) is -3.66. The van der Waals surface area contributed by atoms with E-state index in [9.17, 15) is 22.4 Å². The Morgan fingerprint density at radius 3 is 2.68 bits per heavy atom. The van der Waals surface area contributed by atoms with Crippen LogP contribution in [0.3, 0.4) is 0 Å². The average molecular weight is 276 g/mol. The summed E-state index contributed by atoms with van der Waals surface area (Å²) in [5.41, 5.74) is -1.12. The predicted molar refractivity (Wildman–Crippen MR) is 61.1 cm³/mol. The normalized spacial score (nSPS) is 19.4. The van der Waals surface area contributed by atoms with Gasteiger partial charge in [0.2, 0.25) is 5.91 Å². The standard InChI is InChI=1S/C12H12F4N2O/c13-10-3-1-7(5-9(10)12(14,15)16)17-6-8-2-4-11(19)18-8/h1,3,5,8,17H,2,4,6H2,(H,18,19). The molecule has 0 spiro atoms. The number of hydrogen-bond donors (Lipinski definition) is 2. The molecule has 1 saturated heterocycles. The number of carbonyl (C=O) groups is 1. The number of amides is 1. The van der Waals surface area contributed by atoms with Crippen molar-refractivity contribution in [2.24, 2.45) is 0 Å². The fourth-order valence-electron chi connectivity index (χ4n) is 1.92. The van der Waals surface area contributed by atoms with Gasteiger partial charge >= 0.3 is 6.18 Å². The number of carbonyl (C=O) groups excluding carboxylic acids is 1. The number of benzene rings is 1. The molecule has 1 aliphatic rings. The Kier molecular flexibility index (Phi) is 3.64. The fourth-order valence-corrected chi connectivity index (χ4v) is 1.92. The zero-order valence-electron chi connectivity index (χ0n) is 9.85. The van der Waals surface area contributed by atoms with Crippen molar-refractivity contribution >= 4 is 11.6 Å². The lowest BCUT2D eigenvalue weighted by molar-refractivity contribution is -0.139. The van der Waals surface area contributed by atoms with Crippen molar-refractivity contribution < 1.29 is 22.4 Å². The Hall–Kier alpha value is -1.79. The molecule has 1 atom stereocenters. The van der Waals surface area contributed by atoms with Gasteiger partial charge in [-0.25, -0.2) is 4.39 Å². The van der Waals surface area contributed by atoms with E-state index in [0.29, 0.717) is 19.4 Å². The topological polar surface area (TPSA) is 41.1 Å². The van der Waals surface area contributed by atoms with E-state index in [2.05, 4.69) is 10.6 Å². The summed E-state index contributed by atoms with van der Waals surface area (Å²) in [5.74, 6) is -1.37. The lowest BCUT2D eigenvalue weighted by Crippen LogP contribution is -2.31. The molecular weight excluding hydrogens is 264 g/mol. The second-order valence-corrected chi connectivity index (χ2v) is 4.38. The number of halogens is 4. The lowest BCUT2D eigenvalue weighted by Gasteiger charge is -2.14. The molecular formula is C12H12F4N2O. The van der Waals surface area contributed by atoms with Crippen LogP contribution in [0.4, 0.5) is 23.2 Å². The molecule has 1 amide bonds. The Labute approximate surface area is 107 Å². The van der Waals surface area contributed by atoms with Gasteiger partial charge in [-0.3, -0.25) is 4.79 Å². The maximum Gasteiger partial charge on any atom is 0.419 e. The summed E-state index contributed by atoms with van der Waals surface area (Å²) >= 11 is 0. The molecule has 0 radical (unpaired) electrons. The van der Waals surface area contributed by atoms with Crippen LogP contribution in [0.25, 0.3) is 0 Å². The maximum absolute atomic E-state index is 13.1. The third-order valence-corrected chi connectivity index (χ3v) is 2.91. The Balaban J connectivity index is 2.03. The third kappa shape index (κ3) is 3.36. The van der Waals surface area contributed by atoms with Crippen LogP contribution in [-0.2, 0) is 11.0 Å². The minimum Gasteiger partial charge on any atom is -0.383 e. The van der Waals surface area contributed by atoms with Crippen molar-refractivity contribution in [2.45, 2.75) is 25.1 Å². The van der Waals surface area contributed by atoms with Gasteiger partial charge in [0, 0.05) is 24.7 Å². The Morgan fingerprint density at radius 2 is 2.11 bits per heavy atom. The van der Waals surface area contributed by atoms with Crippen molar-refractivity contribution in [2.75, 3.05) is 11.9 Å². The summed E-state index contributed by atoms with van der Waals surface area (Å²) in [4.78, 5) is 11.0. The van der Waals surface area contributed by atoms with E-state index in [-0.39, 0.29) is 17.6 Å². The predicted octanol–water partition coefficient (Wildman–Crippen LogP) is 2.54. The molecule has 1 aromatic carbocycles. The molecule has 0 aromatic heterocycles. The lowest BCUT2D eigenvalue weighted by atomic mass is 10.1. The first-order valence-corrected chi connectivity index (χ1v) is 5.76. The first kappa shape index (κ1) is 13.6. The van der Waals surface area contributed by atoms with Crippen LogP contribution in [0.15, 0.2) is 18.2 Å². The van der Waals surface area contributed by atoms with Crippen molar-refractivity contribution in [3.05, 3.63) is 29.6 Å². The Morgan fingerprint density at radius 1 is 1.37 bits per heavy atom. The van der Waals surface area contributed by atoms with Crippen LogP contribution in [0.5, 0.6) is 0 Å². The number of anilines is 1. The zero-order chi connectivity index (χ0) is 14.0. The van der Waals surface area contributed by atoms with Gasteiger partial charge in [-0.05, 0) is 24.6 Å². The van der Waals surface area contributed by atoms with Crippen molar-refractivity contribution in [1.29, 1.82) is 0 Å². The molecule has 0 saturated carbocycles. The first-order valence-electron chi connectivity index (χ1n) is 5.76. The van der Waals surface area contributed by atoms with Gasteiger partial charge in [0.05, 0.1) is 5.56 Å². The molecule has 104 valence electrons. The molecule has 1 aliphatic heterocycles. The molecule has 2 N–H and O–H groups in total. The van der Waals surface area contributed by atoms with E-state index in [1.807, 2.05) is 0 Å². The number of nitrogens with one attached hydrogen (secondary N) is 2. The SMILES string of the molecule is O=C1CCC(CNc2ccc(F)c(C(F)(F)F)c2)N1. The van der Waals surface area contributed by atoms with E-state index in [4.69, 9.17) is 0 Å². The quantitative estimate of drug-likeness (QED) is 0.833. The summed E-state index contributed by atoms with van der Waals surface area (Å²) in [5, 5.41) is 5.45. The van der Waals surface area contributed by atoms with Gasteiger partial charge in [0.1, 0.15) is 5.82 Å². The summed E-state index contributed by atoms with van der Waals surface area (Å²) in [6, 6.07) is 2.64. The van der Waals surface area contributed by atoms with Gasteiger partial charge in [0.15, 0.2) is 0 Å². The third-order valence-electron chi connectivity index (χ3n) is 2.91. The highest BCUT2D eigenvalue weighted by Crippen LogP contribution is 2.32. The number of rotatable bonds is 3.